The van der Waals surface area contributed by atoms with E-state index in [-0.39, 0.29) is 5.56 Å². The van der Waals surface area contributed by atoms with Gasteiger partial charge in [0.15, 0.2) is 0 Å². The number of aromatic amines is 2. The van der Waals surface area contributed by atoms with Gasteiger partial charge < -0.3 is 10.1 Å². The highest BCUT2D eigenvalue weighted by atomic mass is 16.5. The molecular weight excluding hydrogens is 318 g/mol. The van der Waals surface area contributed by atoms with Crippen molar-refractivity contribution in [3.05, 3.63) is 65.1 Å². The van der Waals surface area contributed by atoms with Crippen LogP contribution in [0.1, 0.15) is 0 Å². The molecule has 4 rings (SSSR count). The molecule has 0 amide bonds. The van der Waals surface area contributed by atoms with Crippen molar-refractivity contribution in [3.63, 3.8) is 0 Å². The highest BCUT2D eigenvalue weighted by Gasteiger charge is 2.06. The highest BCUT2D eigenvalue weighted by Crippen LogP contribution is 2.22. The van der Waals surface area contributed by atoms with Crippen molar-refractivity contribution in [2.45, 2.75) is 0 Å². The van der Waals surface area contributed by atoms with Crippen LogP contribution in [0.5, 0.6) is 5.75 Å². The van der Waals surface area contributed by atoms with E-state index in [1.54, 1.807) is 13.3 Å². The van der Waals surface area contributed by atoms with Crippen molar-refractivity contribution < 1.29 is 4.74 Å². The van der Waals surface area contributed by atoms with Crippen LogP contribution in [0.3, 0.4) is 0 Å². The van der Waals surface area contributed by atoms with Crippen LogP contribution in [0.2, 0.25) is 0 Å². The second-order valence-corrected chi connectivity index (χ2v) is 5.50. The maximum absolute atomic E-state index is 12.0. The van der Waals surface area contributed by atoms with E-state index in [1.807, 2.05) is 42.5 Å². The maximum atomic E-state index is 12.0. The van der Waals surface area contributed by atoms with Gasteiger partial charge in [0.25, 0.3) is 5.56 Å². The van der Waals surface area contributed by atoms with Crippen molar-refractivity contribution in [2.24, 2.45) is 0 Å². The molecule has 2 heterocycles. The quantitative estimate of drug-likeness (QED) is 0.533. The Morgan fingerprint density at radius 2 is 1.92 bits per heavy atom. The van der Waals surface area contributed by atoms with Gasteiger partial charge in [0.05, 0.1) is 24.5 Å². The van der Waals surface area contributed by atoms with Gasteiger partial charge in [0, 0.05) is 22.7 Å². The van der Waals surface area contributed by atoms with Crippen LogP contribution in [0, 0.1) is 0 Å². The first kappa shape index (κ1) is 14.9. The average Bonchev–Trinajstić information content (AvgIpc) is 3.09. The number of aromatic nitrogens is 4. The van der Waals surface area contributed by atoms with Gasteiger partial charge in [-0.3, -0.25) is 14.9 Å². The second-order valence-electron chi connectivity index (χ2n) is 5.50. The number of benzene rings is 2. The highest BCUT2D eigenvalue weighted by molar-refractivity contribution is 5.82. The van der Waals surface area contributed by atoms with Gasteiger partial charge in [0.2, 0.25) is 5.95 Å². The molecule has 0 bridgehead atoms. The minimum absolute atomic E-state index is 0.231. The summed E-state index contributed by atoms with van der Waals surface area (Å²) in [5.41, 5.74) is 2.88. The molecule has 25 heavy (non-hydrogen) atoms. The number of anilines is 2. The van der Waals surface area contributed by atoms with Crippen molar-refractivity contribution in [3.8, 4) is 17.0 Å². The summed E-state index contributed by atoms with van der Waals surface area (Å²) >= 11 is 0. The number of hydrogen-bond acceptors (Lipinski definition) is 5. The van der Waals surface area contributed by atoms with Crippen LogP contribution in [-0.2, 0) is 0 Å². The number of fused-ring (bicyclic) bond motifs is 1. The van der Waals surface area contributed by atoms with E-state index in [0.717, 1.165) is 27.9 Å². The summed E-state index contributed by atoms with van der Waals surface area (Å²) in [7, 11) is 1.61. The largest absolute Gasteiger partial charge is 0.497 e. The van der Waals surface area contributed by atoms with E-state index in [2.05, 4.69) is 25.5 Å². The predicted molar refractivity (Wildman–Crippen MR) is 96.2 cm³/mol. The normalized spacial score (nSPS) is 10.8. The summed E-state index contributed by atoms with van der Waals surface area (Å²) in [6.45, 7) is 0. The van der Waals surface area contributed by atoms with Crippen molar-refractivity contribution in [1.29, 1.82) is 0 Å². The molecule has 2 aromatic heterocycles. The molecule has 0 aliphatic rings. The van der Waals surface area contributed by atoms with Crippen LogP contribution in [0.4, 0.5) is 11.6 Å². The lowest BCUT2D eigenvalue weighted by Gasteiger charge is -2.08. The zero-order valence-corrected chi connectivity index (χ0v) is 13.4. The first-order valence-electron chi connectivity index (χ1n) is 7.67. The summed E-state index contributed by atoms with van der Waals surface area (Å²) in [5.74, 6) is 1.12. The number of nitrogens with zero attached hydrogens (tertiary/aromatic N) is 2. The Labute approximate surface area is 142 Å². The van der Waals surface area contributed by atoms with Crippen LogP contribution in [-0.4, -0.2) is 27.3 Å². The molecule has 0 saturated carbocycles. The Kier molecular flexibility index (Phi) is 3.66. The Hall–Kier alpha value is -3.61. The standard InChI is InChI=1S/C18H15N5O2/c1-25-14-6-3-11(4-7-14)15-9-17(24)22-18(21-15)20-13-5-2-12-10-19-23-16(12)8-13/h2-10H,1H3,(H,19,23)(H2,20,21,22,24). The Morgan fingerprint density at radius 3 is 2.72 bits per heavy atom. The monoisotopic (exact) mass is 333 g/mol. The molecule has 7 nitrogen and oxygen atoms in total. The van der Waals surface area contributed by atoms with Crippen molar-refractivity contribution in [1.82, 2.24) is 20.2 Å². The summed E-state index contributed by atoms with van der Waals surface area (Å²) < 4.78 is 5.15. The number of H-pyrrole nitrogens is 2. The van der Waals surface area contributed by atoms with Gasteiger partial charge in [-0.1, -0.05) is 0 Å². The molecule has 0 aliphatic carbocycles. The molecule has 3 N–H and O–H groups in total. The van der Waals surface area contributed by atoms with Crippen molar-refractivity contribution >= 4 is 22.5 Å². The summed E-state index contributed by atoms with van der Waals surface area (Å²) in [4.78, 5) is 19.2. The lowest BCUT2D eigenvalue weighted by molar-refractivity contribution is 0.415. The number of methoxy groups -OCH3 is 1. The molecule has 0 atom stereocenters. The smallest absolute Gasteiger partial charge is 0.252 e. The Morgan fingerprint density at radius 1 is 1.08 bits per heavy atom. The average molecular weight is 333 g/mol. The fourth-order valence-electron chi connectivity index (χ4n) is 2.58. The number of hydrogen-bond donors (Lipinski definition) is 3. The van der Waals surface area contributed by atoms with E-state index in [9.17, 15) is 4.79 Å². The molecule has 4 aromatic rings. The van der Waals surface area contributed by atoms with Crippen LogP contribution < -0.4 is 15.6 Å². The lowest BCUT2D eigenvalue weighted by Crippen LogP contribution is -2.10. The molecule has 0 unspecified atom stereocenters. The molecule has 0 spiro atoms. The molecule has 0 aliphatic heterocycles. The van der Waals surface area contributed by atoms with Gasteiger partial charge in [-0.15, -0.1) is 0 Å². The zero-order chi connectivity index (χ0) is 17.2. The topological polar surface area (TPSA) is 95.7 Å². The lowest BCUT2D eigenvalue weighted by atomic mass is 10.1. The third kappa shape index (κ3) is 3.07. The van der Waals surface area contributed by atoms with Crippen LogP contribution in [0.25, 0.3) is 22.2 Å². The molecular formula is C18H15N5O2. The van der Waals surface area contributed by atoms with Gasteiger partial charge in [0.1, 0.15) is 5.75 Å². The van der Waals surface area contributed by atoms with Crippen LogP contribution >= 0.6 is 0 Å². The van der Waals surface area contributed by atoms with E-state index in [4.69, 9.17) is 4.74 Å². The molecule has 0 radical (unpaired) electrons. The fraction of sp³-hybridized carbons (Fsp3) is 0.0556. The van der Waals surface area contributed by atoms with Crippen LogP contribution in [0.15, 0.2) is 59.5 Å². The molecule has 0 fully saturated rings. The summed E-state index contributed by atoms with van der Waals surface area (Å²) in [6, 6.07) is 14.6. The maximum Gasteiger partial charge on any atom is 0.252 e. The van der Waals surface area contributed by atoms with Gasteiger partial charge >= 0.3 is 0 Å². The SMILES string of the molecule is COc1ccc(-c2cc(=O)[nH]c(Nc3ccc4cn[nH]c4c3)n2)cc1. The Balaban J connectivity index is 1.67. The summed E-state index contributed by atoms with van der Waals surface area (Å²) in [5, 5.41) is 11.0. The molecule has 7 heteroatoms. The fourth-order valence-corrected chi connectivity index (χ4v) is 2.58. The van der Waals surface area contributed by atoms with Gasteiger partial charge in [-0.25, -0.2) is 4.98 Å². The molecule has 0 saturated heterocycles. The van der Waals surface area contributed by atoms with E-state index < -0.39 is 0 Å². The second kappa shape index (κ2) is 6.12. The van der Waals surface area contributed by atoms with E-state index in [0.29, 0.717) is 11.6 Å². The number of nitrogens with one attached hydrogen (secondary N) is 3. The third-order valence-electron chi connectivity index (χ3n) is 3.83. The number of rotatable bonds is 4. The zero-order valence-electron chi connectivity index (χ0n) is 13.4. The predicted octanol–water partition coefficient (Wildman–Crippen LogP) is 3.07. The number of ether oxygens (including phenoxy) is 1. The summed E-state index contributed by atoms with van der Waals surface area (Å²) in [6.07, 6.45) is 1.75. The first-order chi connectivity index (χ1) is 12.2. The Bertz CT molecular complexity index is 1080. The molecule has 124 valence electrons. The van der Waals surface area contributed by atoms with E-state index in [1.165, 1.54) is 6.07 Å². The first-order valence-corrected chi connectivity index (χ1v) is 7.67. The van der Waals surface area contributed by atoms with Gasteiger partial charge in [-0.2, -0.15) is 5.10 Å². The van der Waals surface area contributed by atoms with E-state index >= 15 is 0 Å². The minimum Gasteiger partial charge on any atom is -0.497 e. The minimum atomic E-state index is -0.231. The third-order valence-corrected chi connectivity index (χ3v) is 3.83. The van der Waals surface area contributed by atoms with Crippen molar-refractivity contribution in [2.75, 3.05) is 12.4 Å². The molecule has 2 aromatic carbocycles. The van der Waals surface area contributed by atoms with Gasteiger partial charge in [-0.05, 0) is 42.5 Å².